The minimum atomic E-state index is 0.724. The van der Waals surface area contributed by atoms with Gasteiger partial charge in [-0.25, -0.2) is 0 Å². The lowest BCUT2D eigenvalue weighted by Crippen LogP contribution is -1.90. The van der Waals surface area contributed by atoms with Gasteiger partial charge < -0.3 is 5.73 Å². The van der Waals surface area contributed by atoms with Crippen molar-refractivity contribution in [1.29, 1.82) is 0 Å². The van der Waals surface area contributed by atoms with E-state index in [-0.39, 0.29) is 0 Å². The van der Waals surface area contributed by atoms with Crippen LogP contribution in [-0.2, 0) is 0 Å². The third-order valence-corrected chi connectivity index (χ3v) is 4.00. The van der Waals surface area contributed by atoms with Crippen LogP contribution in [0.5, 0.6) is 0 Å². The monoisotopic (exact) mass is 320 g/mol. The number of hydrogen-bond donors (Lipinski definition) is 1. The average molecular weight is 321 g/mol. The second kappa shape index (κ2) is 4.62. The van der Waals surface area contributed by atoms with Gasteiger partial charge in [-0.05, 0) is 42.1 Å². The van der Waals surface area contributed by atoms with Gasteiger partial charge in [0.25, 0.3) is 0 Å². The highest BCUT2D eigenvalue weighted by molar-refractivity contribution is 9.10. The topological polar surface area (TPSA) is 56.2 Å². The summed E-state index contributed by atoms with van der Waals surface area (Å²) in [4.78, 5) is 0.969. The highest BCUT2D eigenvalue weighted by atomic mass is 79.9. The summed E-state index contributed by atoms with van der Waals surface area (Å²) in [6.45, 7) is 0. The summed E-state index contributed by atoms with van der Waals surface area (Å²) in [5.74, 6) is 0. The van der Waals surface area contributed by atoms with Gasteiger partial charge in [-0.3, -0.25) is 4.40 Å². The van der Waals surface area contributed by atoms with Gasteiger partial charge in [0.15, 0.2) is 10.8 Å². The Morgan fingerprint density at radius 3 is 2.89 bits per heavy atom. The number of fused-ring (bicyclic) bond motifs is 1. The first-order valence-electron chi connectivity index (χ1n) is 5.27. The Kier molecular flexibility index (Phi) is 2.97. The molecule has 0 unspecified atom stereocenters. The van der Waals surface area contributed by atoms with Crippen LogP contribution >= 0.6 is 27.7 Å². The Bertz CT molecular complexity index is 710. The zero-order valence-electron chi connectivity index (χ0n) is 9.25. The molecule has 18 heavy (non-hydrogen) atoms. The minimum absolute atomic E-state index is 0.724. The summed E-state index contributed by atoms with van der Waals surface area (Å²) < 4.78 is 2.90. The second-order valence-corrected chi connectivity index (χ2v) is 5.62. The summed E-state index contributed by atoms with van der Waals surface area (Å²) in [5.41, 5.74) is 7.53. The molecule has 0 spiro atoms. The van der Waals surface area contributed by atoms with Crippen LogP contribution in [0.3, 0.4) is 0 Å². The van der Waals surface area contributed by atoms with Crippen LogP contribution in [0.2, 0.25) is 0 Å². The predicted molar refractivity (Wildman–Crippen MR) is 75.7 cm³/mol. The molecule has 2 heterocycles. The highest BCUT2D eigenvalue weighted by Gasteiger charge is 2.08. The quantitative estimate of drug-likeness (QED) is 0.736. The van der Waals surface area contributed by atoms with Crippen LogP contribution in [0.15, 0.2) is 57.1 Å². The fourth-order valence-electron chi connectivity index (χ4n) is 1.60. The van der Waals surface area contributed by atoms with Gasteiger partial charge in [-0.15, -0.1) is 10.2 Å². The fourth-order valence-corrected chi connectivity index (χ4v) is 2.82. The molecule has 4 nitrogen and oxygen atoms in total. The minimum Gasteiger partial charge on any atom is -0.398 e. The highest BCUT2D eigenvalue weighted by Crippen LogP contribution is 2.32. The molecular weight excluding hydrogens is 312 g/mol. The lowest BCUT2D eigenvalue weighted by Gasteiger charge is -2.04. The van der Waals surface area contributed by atoms with E-state index in [9.17, 15) is 0 Å². The molecule has 2 aromatic heterocycles. The molecule has 0 amide bonds. The maximum atomic E-state index is 5.97. The Labute approximate surface area is 116 Å². The smallest absolute Gasteiger partial charge is 0.200 e. The number of pyridine rings is 1. The molecule has 0 atom stereocenters. The molecule has 0 aliphatic heterocycles. The van der Waals surface area contributed by atoms with E-state index < -0.39 is 0 Å². The summed E-state index contributed by atoms with van der Waals surface area (Å²) in [5, 5.41) is 9.07. The van der Waals surface area contributed by atoms with E-state index in [0.717, 1.165) is 25.9 Å². The average Bonchev–Trinajstić information content (AvgIpc) is 2.76. The van der Waals surface area contributed by atoms with E-state index in [1.54, 1.807) is 0 Å². The third-order valence-electron chi connectivity index (χ3n) is 2.46. The van der Waals surface area contributed by atoms with Gasteiger partial charge in [-0.2, -0.15) is 0 Å². The number of nitrogens with zero attached hydrogens (tertiary/aromatic N) is 3. The predicted octanol–water partition coefficient (Wildman–Crippen LogP) is 3.23. The van der Waals surface area contributed by atoms with Crippen molar-refractivity contribution in [3.05, 3.63) is 47.1 Å². The summed E-state index contributed by atoms with van der Waals surface area (Å²) in [6.07, 6.45) is 1.94. The normalized spacial score (nSPS) is 10.9. The largest absolute Gasteiger partial charge is 0.398 e. The molecule has 6 heteroatoms. The van der Waals surface area contributed by atoms with E-state index in [4.69, 9.17) is 5.73 Å². The molecule has 0 aliphatic rings. The first kappa shape index (κ1) is 11.6. The Hall–Kier alpha value is -1.53. The van der Waals surface area contributed by atoms with Crippen LogP contribution in [-0.4, -0.2) is 14.6 Å². The van der Waals surface area contributed by atoms with Gasteiger partial charge in [0.1, 0.15) is 0 Å². The molecule has 1 aromatic carbocycles. The molecule has 0 radical (unpaired) electrons. The Morgan fingerprint density at radius 1 is 1.17 bits per heavy atom. The molecule has 3 rings (SSSR count). The summed E-state index contributed by atoms with van der Waals surface area (Å²) in [7, 11) is 0. The maximum absolute atomic E-state index is 5.97. The number of benzene rings is 1. The van der Waals surface area contributed by atoms with Gasteiger partial charge in [-0.1, -0.05) is 22.0 Å². The number of aromatic nitrogens is 3. The van der Waals surface area contributed by atoms with E-state index in [0.29, 0.717) is 0 Å². The van der Waals surface area contributed by atoms with E-state index in [2.05, 4.69) is 26.1 Å². The van der Waals surface area contributed by atoms with Crippen molar-refractivity contribution in [3.8, 4) is 0 Å². The Balaban J connectivity index is 2.01. The molecule has 0 saturated heterocycles. The zero-order chi connectivity index (χ0) is 12.5. The number of halogens is 1. The van der Waals surface area contributed by atoms with Crippen molar-refractivity contribution >= 4 is 39.0 Å². The zero-order valence-corrected chi connectivity index (χ0v) is 11.6. The third kappa shape index (κ3) is 2.09. The van der Waals surface area contributed by atoms with Crippen molar-refractivity contribution in [2.24, 2.45) is 0 Å². The number of nitrogens with two attached hydrogens (primary N) is 1. The SMILES string of the molecule is Nc1cc(Br)ccc1Sc1nnc2ccccn12. The summed E-state index contributed by atoms with van der Waals surface area (Å²) in [6, 6.07) is 11.6. The van der Waals surface area contributed by atoms with Crippen molar-refractivity contribution in [3.63, 3.8) is 0 Å². The van der Waals surface area contributed by atoms with Gasteiger partial charge in [0.2, 0.25) is 0 Å². The van der Waals surface area contributed by atoms with Crippen LogP contribution in [0.25, 0.3) is 5.65 Å². The van der Waals surface area contributed by atoms with Crippen LogP contribution in [0, 0.1) is 0 Å². The van der Waals surface area contributed by atoms with Gasteiger partial charge >= 0.3 is 0 Å². The first-order chi connectivity index (χ1) is 8.74. The lowest BCUT2D eigenvalue weighted by atomic mass is 10.3. The van der Waals surface area contributed by atoms with E-state index >= 15 is 0 Å². The van der Waals surface area contributed by atoms with Crippen molar-refractivity contribution in [2.75, 3.05) is 5.73 Å². The van der Waals surface area contributed by atoms with E-state index in [1.165, 1.54) is 11.8 Å². The van der Waals surface area contributed by atoms with Crippen molar-refractivity contribution in [2.45, 2.75) is 10.1 Å². The van der Waals surface area contributed by atoms with Crippen LogP contribution in [0.1, 0.15) is 0 Å². The van der Waals surface area contributed by atoms with Gasteiger partial charge in [0, 0.05) is 21.3 Å². The maximum Gasteiger partial charge on any atom is 0.200 e. The van der Waals surface area contributed by atoms with Crippen molar-refractivity contribution < 1.29 is 0 Å². The first-order valence-corrected chi connectivity index (χ1v) is 6.87. The van der Waals surface area contributed by atoms with E-state index in [1.807, 2.05) is 47.0 Å². The standard InChI is InChI=1S/C12H9BrN4S/c13-8-4-5-10(9(14)7-8)18-12-16-15-11-3-1-2-6-17(11)12/h1-7H,14H2. The Morgan fingerprint density at radius 2 is 2.06 bits per heavy atom. The molecule has 3 aromatic rings. The van der Waals surface area contributed by atoms with Crippen molar-refractivity contribution in [1.82, 2.24) is 14.6 Å². The fraction of sp³-hybridized carbons (Fsp3) is 0. The molecule has 0 aliphatic carbocycles. The lowest BCUT2D eigenvalue weighted by molar-refractivity contribution is 0.921. The molecule has 0 saturated carbocycles. The summed E-state index contributed by atoms with van der Waals surface area (Å²) >= 11 is 4.89. The van der Waals surface area contributed by atoms with Crippen LogP contribution in [0.4, 0.5) is 5.69 Å². The molecule has 0 bridgehead atoms. The van der Waals surface area contributed by atoms with Gasteiger partial charge in [0.05, 0.1) is 0 Å². The molecular formula is C12H9BrN4S. The molecule has 0 fully saturated rings. The molecule has 2 N–H and O–H groups in total. The van der Waals surface area contributed by atoms with Crippen LogP contribution < -0.4 is 5.73 Å². The number of hydrogen-bond acceptors (Lipinski definition) is 4. The second-order valence-electron chi connectivity index (χ2n) is 3.70. The number of rotatable bonds is 2. The molecule has 90 valence electrons. The number of nitrogen functional groups attached to an aromatic ring is 1. The number of anilines is 1.